The highest BCUT2D eigenvalue weighted by Gasteiger charge is 2.25. The molecule has 0 atom stereocenters. The molecular weight excluding hydrogens is 609 g/mol. The lowest BCUT2D eigenvalue weighted by atomic mass is 9.98. The summed E-state index contributed by atoms with van der Waals surface area (Å²) in [6.07, 6.45) is 1.98. The van der Waals surface area contributed by atoms with E-state index in [9.17, 15) is 0 Å². The summed E-state index contributed by atoms with van der Waals surface area (Å²) < 4.78 is 4.71. The molecule has 0 saturated carbocycles. The zero-order valence-corrected chi connectivity index (χ0v) is 27.0. The van der Waals surface area contributed by atoms with Crippen molar-refractivity contribution in [3.8, 4) is 22.8 Å². The normalized spacial score (nSPS) is 12.0. The lowest BCUT2D eigenvalue weighted by molar-refractivity contribution is 1.01. The van der Waals surface area contributed by atoms with Crippen molar-refractivity contribution in [3.05, 3.63) is 170 Å². The smallest absolute Gasteiger partial charge is 0.235 e. The topological polar surface area (TPSA) is 35.6 Å². The SMILES string of the molecule is c1ccc(-n2c3ccccc3c3c4ccccc4c4c5ccccc5n(-c5ncc6cc(-c7ccc8ccccc8c7)ccc6n5)c4c32)cc1. The predicted octanol–water partition coefficient (Wildman–Crippen LogP) is 11.8. The zero-order chi connectivity index (χ0) is 32.8. The number of hydrogen-bond acceptors (Lipinski definition) is 2. The van der Waals surface area contributed by atoms with Crippen LogP contribution < -0.4 is 0 Å². The van der Waals surface area contributed by atoms with E-state index >= 15 is 0 Å². The van der Waals surface area contributed by atoms with Crippen LogP contribution in [0.4, 0.5) is 0 Å². The van der Waals surface area contributed by atoms with Gasteiger partial charge in [-0.25, -0.2) is 9.97 Å². The first-order valence-corrected chi connectivity index (χ1v) is 17.0. The van der Waals surface area contributed by atoms with Gasteiger partial charge in [0, 0.05) is 38.8 Å². The van der Waals surface area contributed by atoms with Gasteiger partial charge in [-0.3, -0.25) is 4.57 Å². The van der Waals surface area contributed by atoms with Gasteiger partial charge in [0.1, 0.15) is 0 Å². The molecule has 0 amide bonds. The van der Waals surface area contributed by atoms with Gasteiger partial charge < -0.3 is 4.57 Å². The van der Waals surface area contributed by atoms with Gasteiger partial charge in [-0.05, 0) is 75.1 Å². The summed E-state index contributed by atoms with van der Waals surface area (Å²) in [5.74, 6) is 0.656. The minimum absolute atomic E-state index is 0.656. The third-order valence-electron chi connectivity index (χ3n) is 10.3. The number of fused-ring (bicyclic) bond motifs is 12. The second kappa shape index (κ2) is 10.4. The van der Waals surface area contributed by atoms with Gasteiger partial charge >= 0.3 is 0 Å². The Labute approximate surface area is 287 Å². The summed E-state index contributed by atoms with van der Waals surface area (Å²) in [7, 11) is 0. The van der Waals surface area contributed by atoms with Crippen LogP contribution in [0.25, 0.3) is 98.8 Å². The second-order valence-electron chi connectivity index (χ2n) is 13.0. The van der Waals surface area contributed by atoms with Crippen molar-refractivity contribution in [1.82, 2.24) is 19.1 Å². The van der Waals surface area contributed by atoms with Crippen LogP contribution in [-0.4, -0.2) is 19.1 Å². The summed E-state index contributed by atoms with van der Waals surface area (Å²) in [4.78, 5) is 10.4. The fourth-order valence-corrected chi connectivity index (χ4v) is 8.13. The van der Waals surface area contributed by atoms with Crippen LogP contribution in [0.15, 0.2) is 170 Å². The first-order chi connectivity index (χ1) is 24.8. The predicted molar refractivity (Wildman–Crippen MR) is 209 cm³/mol. The molecule has 4 heteroatoms. The van der Waals surface area contributed by atoms with E-state index in [1.807, 2.05) is 6.20 Å². The van der Waals surface area contributed by atoms with E-state index in [0.29, 0.717) is 5.95 Å². The fraction of sp³-hybridized carbons (Fsp3) is 0. The molecule has 0 N–H and O–H groups in total. The van der Waals surface area contributed by atoms with Crippen LogP contribution >= 0.6 is 0 Å². The van der Waals surface area contributed by atoms with Crippen molar-refractivity contribution in [2.24, 2.45) is 0 Å². The molecule has 0 unspecified atom stereocenters. The standard InChI is InChI=1S/C46H28N4/c1-2-14-34(15-3-1)49-40-20-10-8-18-37(40)42-35-16-6-7-17-36(35)43-38-19-9-11-21-41(38)50(45(43)44(42)49)46-47-28-33-27-32(24-25-39(33)48-46)31-23-22-29-12-4-5-13-30(29)26-31/h1-28H. The van der Waals surface area contributed by atoms with Crippen LogP contribution in [0.3, 0.4) is 0 Å². The van der Waals surface area contributed by atoms with Crippen LogP contribution in [0, 0.1) is 0 Å². The molecule has 11 aromatic rings. The van der Waals surface area contributed by atoms with Gasteiger partial charge in [0.15, 0.2) is 0 Å². The number of nitrogens with zero attached hydrogens (tertiary/aromatic N) is 4. The number of hydrogen-bond donors (Lipinski definition) is 0. The van der Waals surface area contributed by atoms with Crippen molar-refractivity contribution in [2.75, 3.05) is 0 Å². The second-order valence-corrected chi connectivity index (χ2v) is 13.0. The monoisotopic (exact) mass is 636 g/mol. The molecule has 0 spiro atoms. The molecule has 11 rings (SSSR count). The van der Waals surface area contributed by atoms with Crippen molar-refractivity contribution < 1.29 is 0 Å². The Morgan fingerprint density at radius 2 is 0.940 bits per heavy atom. The van der Waals surface area contributed by atoms with Crippen molar-refractivity contribution in [2.45, 2.75) is 0 Å². The molecule has 0 radical (unpaired) electrons. The van der Waals surface area contributed by atoms with Gasteiger partial charge in [0.25, 0.3) is 0 Å². The van der Waals surface area contributed by atoms with Gasteiger partial charge in [0.2, 0.25) is 5.95 Å². The highest BCUT2D eigenvalue weighted by atomic mass is 15.2. The van der Waals surface area contributed by atoms with E-state index in [4.69, 9.17) is 9.97 Å². The Morgan fingerprint density at radius 1 is 0.400 bits per heavy atom. The summed E-state index contributed by atoms with van der Waals surface area (Å²) >= 11 is 0. The Hall–Kier alpha value is -6.78. The van der Waals surface area contributed by atoms with Crippen molar-refractivity contribution in [3.63, 3.8) is 0 Å². The lowest BCUT2D eigenvalue weighted by Gasteiger charge is -2.13. The van der Waals surface area contributed by atoms with Gasteiger partial charge in [-0.15, -0.1) is 0 Å². The maximum Gasteiger partial charge on any atom is 0.235 e. The Bertz CT molecular complexity index is 3150. The Morgan fingerprint density at radius 3 is 1.66 bits per heavy atom. The van der Waals surface area contributed by atoms with Crippen LogP contribution in [0.1, 0.15) is 0 Å². The molecule has 232 valence electrons. The summed E-state index contributed by atoms with van der Waals surface area (Å²) in [5, 5.41) is 10.8. The molecule has 4 nitrogen and oxygen atoms in total. The first-order valence-electron chi connectivity index (χ1n) is 17.0. The Balaban J connectivity index is 1.24. The van der Waals surface area contributed by atoms with E-state index in [2.05, 4.69) is 173 Å². The quantitative estimate of drug-likeness (QED) is 0.193. The summed E-state index contributed by atoms with van der Waals surface area (Å²) in [6.45, 7) is 0. The van der Waals surface area contributed by atoms with Crippen molar-refractivity contribution >= 4 is 76.1 Å². The van der Waals surface area contributed by atoms with Crippen LogP contribution in [0.2, 0.25) is 0 Å². The number of benzene rings is 8. The number of para-hydroxylation sites is 3. The van der Waals surface area contributed by atoms with Crippen LogP contribution in [-0.2, 0) is 0 Å². The molecule has 0 aliphatic heterocycles. The molecule has 0 aliphatic carbocycles. The molecule has 0 saturated heterocycles. The zero-order valence-electron chi connectivity index (χ0n) is 27.0. The highest BCUT2D eigenvalue weighted by Crippen LogP contribution is 2.46. The minimum atomic E-state index is 0.656. The highest BCUT2D eigenvalue weighted by molar-refractivity contribution is 6.36. The maximum atomic E-state index is 5.29. The largest absolute Gasteiger partial charge is 0.307 e. The van der Waals surface area contributed by atoms with Gasteiger partial charge in [0.05, 0.1) is 27.6 Å². The summed E-state index contributed by atoms with van der Waals surface area (Å²) in [6, 6.07) is 58.6. The third-order valence-corrected chi connectivity index (χ3v) is 10.3. The Kier molecular flexibility index (Phi) is 5.63. The van der Waals surface area contributed by atoms with E-state index in [-0.39, 0.29) is 0 Å². The number of aromatic nitrogens is 4. The minimum Gasteiger partial charge on any atom is -0.307 e. The number of rotatable bonds is 3. The average Bonchev–Trinajstić information content (AvgIpc) is 3.72. The maximum absolute atomic E-state index is 5.29. The van der Waals surface area contributed by atoms with E-state index < -0.39 is 0 Å². The fourth-order valence-electron chi connectivity index (χ4n) is 8.13. The van der Waals surface area contributed by atoms with Gasteiger partial charge in [-0.2, -0.15) is 0 Å². The molecule has 3 heterocycles. The average molecular weight is 637 g/mol. The third kappa shape index (κ3) is 3.81. The molecule has 0 bridgehead atoms. The molecule has 8 aromatic carbocycles. The molecule has 3 aromatic heterocycles. The molecular formula is C46H28N4. The molecule has 0 fully saturated rings. The van der Waals surface area contributed by atoms with E-state index in [1.165, 1.54) is 54.2 Å². The van der Waals surface area contributed by atoms with Crippen molar-refractivity contribution in [1.29, 1.82) is 0 Å². The lowest BCUT2D eigenvalue weighted by Crippen LogP contribution is -2.03. The van der Waals surface area contributed by atoms with E-state index in [1.54, 1.807) is 0 Å². The van der Waals surface area contributed by atoms with E-state index in [0.717, 1.165) is 38.7 Å². The molecule has 0 aliphatic rings. The summed E-state index contributed by atoms with van der Waals surface area (Å²) in [5.41, 5.74) is 8.86. The first kappa shape index (κ1) is 27.2. The van der Waals surface area contributed by atoms with Gasteiger partial charge in [-0.1, -0.05) is 121 Å². The molecule has 50 heavy (non-hydrogen) atoms. The van der Waals surface area contributed by atoms with Crippen LogP contribution in [0.5, 0.6) is 0 Å².